The Balaban J connectivity index is 1.92. The molecule has 0 saturated heterocycles. The molecule has 0 spiro atoms. The van der Waals surface area contributed by atoms with Gasteiger partial charge in [-0.15, -0.1) is 0 Å². The third-order valence-corrected chi connectivity index (χ3v) is 3.09. The van der Waals surface area contributed by atoms with Crippen molar-refractivity contribution in [3.05, 3.63) is 36.2 Å². The Morgan fingerprint density at radius 3 is 3.00 bits per heavy atom. The molecule has 1 amide bonds. The number of amides is 1. The first-order valence-electron chi connectivity index (χ1n) is 6.96. The lowest BCUT2D eigenvalue weighted by molar-refractivity contribution is -0.128. The van der Waals surface area contributed by atoms with Gasteiger partial charge in [0, 0.05) is 45.5 Å². The van der Waals surface area contributed by atoms with Crippen molar-refractivity contribution in [1.82, 2.24) is 19.7 Å². The van der Waals surface area contributed by atoms with E-state index in [1.54, 1.807) is 42.0 Å². The third-order valence-electron chi connectivity index (χ3n) is 3.09. The highest BCUT2D eigenvalue weighted by Crippen LogP contribution is 2.15. The molecular weight excluding hydrogens is 280 g/mol. The standard InChI is InChI=1S/C15H18N6O/c1-20(2)14(22)6-4-9-21-10-7-13(19-21)18-15-12(11-16)5-3-8-17-15/h3,5,7-8,10H,4,6,9H2,1-2H3,(H,17,18,19). The molecule has 7 nitrogen and oxygen atoms in total. The van der Waals surface area contributed by atoms with E-state index in [-0.39, 0.29) is 5.91 Å². The average molecular weight is 298 g/mol. The van der Waals surface area contributed by atoms with Crippen molar-refractivity contribution in [3.63, 3.8) is 0 Å². The summed E-state index contributed by atoms with van der Waals surface area (Å²) in [6.45, 7) is 0.661. The van der Waals surface area contributed by atoms with E-state index < -0.39 is 0 Å². The third kappa shape index (κ3) is 4.06. The van der Waals surface area contributed by atoms with E-state index in [0.717, 1.165) is 6.42 Å². The summed E-state index contributed by atoms with van der Waals surface area (Å²) < 4.78 is 1.76. The number of nitrogens with zero attached hydrogens (tertiary/aromatic N) is 5. The maximum atomic E-state index is 11.5. The number of pyridine rings is 1. The van der Waals surface area contributed by atoms with Crippen LogP contribution in [0.15, 0.2) is 30.6 Å². The normalized spacial score (nSPS) is 10.0. The summed E-state index contributed by atoms with van der Waals surface area (Å²) in [7, 11) is 3.50. The number of nitrogens with one attached hydrogen (secondary N) is 1. The Kier molecular flexibility index (Phi) is 5.09. The van der Waals surface area contributed by atoms with Crippen LogP contribution >= 0.6 is 0 Å². The molecular formula is C15H18N6O. The Bertz CT molecular complexity index is 685. The quantitative estimate of drug-likeness (QED) is 0.878. The number of nitriles is 1. The Labute approximate surface area is 129 Å². The van der Waals surface area contributed by atoms with Gasteiger partial charge in [0.2, 0.25) is 5.91 Å². The lowest BCUT2D eigenvalue weighted by atomic mass is 10.3. The van der Waals surface area contributed by atoms with Crippen molar-refractivity contribution < 1.29 is 4.79 Å². The molecule has 0 aromatic carbocycles. The molecule has 0 fully saturated rings. The van der Waals surface area contributed by atoms with Crippen LogP contribution in [0.3, 0.4) is 0 Å². The van der Waals surface area contributed by atoms with E-state index in [1.807, 2.05) is 12.3 Å². The molecule has 0 aliphatic carbocycles. The maximum Gasteiger partial charge on any atom is 0.222 e. The molecule has 2 aromatic rings. The topological polar surface area (TPSA) is 86.8 Å². The monoisotopic (exact) mass is 298 g/mol. The number of carbonyl (C=O) groups excluding carboxylic acids is 1. The zero-order valence-corrected chi connectivity index (χ0v) is 12.7. The average Bonchev–Trinajstić information content (AvgIpc) is 2.95. The van der Waals surface area contributed by atoms with E-state index in [4.69, 9.17) is 5.26 Å². The summed E-state index contributed by atoms with van der Waals surface area (Å²) >= 11 is 0. The molecule has 114 valence electrons. The Morgan fingerprint density at radius 2 is 2.27 bits per heavy atom. The van der Waals surface area contributed by atoms with Gasteiger partial charge in [-0.3, -0.25) is 9.48 Å². The zero-order valence-electron chi connectivity index (χ0n) is 12.7. The van der Waals surface area contributed by atoms with Crippen molar-refractivity contribution in [3.8, 4) is 6.07 Å². The molecule has 2 rings (SSSR count). The Hall–Kier alpha value is -2.88. The van der Waals surface area contributed by atoms with E-state index in [9.17, 15) is 4.79 Å². The van der Waals surface area contributed by atoms with Crippen molar-refractivity contribution in [1.29, 1.82) is 5.26 Å². The summed E-state index contributed by atoms with van der Waals surface area (Å²) in [4.78, 5) is 17.2. The first kappa shape index (κ1) is 15.5. The van der Waals surface area contributed by atoms with E-state index >= 15 is 0 Å². The maximum absolute atomic E-state index is 11.5. The second kappa shape index (κ2) is 7.22. The summed E-state index contributed by atoms with van der Waals surface area (Å²) in [5.41, 5.74) is 0.466. The Morgan fingerprint density at radius 1 is 1.45 bits per heavy atom. The van der Waals surface area contributed by atoms with Gasteiger partial charge in [0.05, 0.1) is 5.56 Å². The molecule has 0 aliphatic rings. The van der Waals surface area contributed by atoms with Crippen LogP contribution in [0.1, 0.15) is 18.4 Å². The molecule has 2 heterocycles. The first-order chi connectivity index (χ1) is 10.6. The molecule has 0 unspecified atom stereocenters. The number of rotatable bonds is 6. The number of hydrogen-bond acceptors (Lipinski definition) is 5. The minimum absolute atomic E-state index is 0.109. The van der Waals surface area contributed by atoms with Gasteiger partial charge in [-0.25, -0.2) is 4.98 Å². The number of aryl methyl sites for hydroxylation is 1. The second-order valence-electron chi connectivity index (χ2n) is 4.99. The number of hydrogen-bond donors (Lipinski definition) is 1. The van der Waals surface area contributed by atoms with Crippen molar-refractivity contribution >= 4 is 17.5 Å². The molecule has 2 aromatic heterocycles. The molecule has 22 heavy (non-hydrogen) atoms. The van der Waals surface area contributed by atoms with Crippen molar-refractivity contribution in [2.45, 2.75) is 19.4 Å². The summed E-state index contributed by atoms with van der Waals surface area (Å²) in [6.07, 6.45) is 4.67. The van der Waals surface area contributed by atoms with Crippen LogP contribution in [-0.4, -0.2) is 39.7 Å². The van der Waals surface area contributed by atoms with Crippen LogP contribution in [0.25, 0.3) is 0 Å². The van der Waals surface area contributed by atoms with Crippen LogP contribution in [0.2, 0.25) is 0 Å². The summed E-state index contributed by atoms with van der Waals surface area (Å²) in [5.74, 6) is 1.21. The number of carbonyl (C=O) groups is 1. The number of aromatic nitrogens is 3. The van der Waals surface area contributed by atoms with Gasteiger partial charge in [0.1, 0.15) is 11.9 Å². The SMILES string of the molecule is CN(C)C(=O)CCCn1ccc(Nc2ncccc2C#N)n1. The number of anilines is 2. The van der Waals surface area contributed by atoms with Gasteiger partial charge in [0.15, 0.2) is 5.82 Å². The van der Waals surface area contributed by atoms with Gasteiger partial charge >= 0.3 is 0 Å². The highest BCUT2D eigenvalue weighted by atomic mass is 16.2. The summed E-state index contributed by atoms with van der Waals surface area (Å²) in [5, 5.41) is 16.4. The largest absolute Gasteiger partial charge is 0.349 e. The van der Waals surface area contributed by atoms with Crippen LogP contribution in [0.5, 0.6) is 0 Å². The van der Waals surface area contributed by atoms with Crippen molar-refractivity contribution in [2.75, 3.05) is 19.4 Å². The highest BCUT2D eigenvalue weighted by Gasteiger charge is 2.06. The van der Waals surface area contributed by atoms with Crippen LogP contribution in [0.4, 0.5) is 11.6 Å². The fourth-order valence-electron chi connectivity index (χ4n) is 1.89. The van der Waals surface area contributed by atoms with Crippen LogP contribution in [0, 0.1) is 11.3 Å². The van der Waals surface area contributed by atoms with Crippen molar-refractivity contribution in [2.24, 2.45) is 0 Å². The lowest BCUT2D eigenvalue weighted by Crippen LogP contribution is -2.21. The fourth-order valence-corrected chi connectivity index (χ4v) is 1.89. The van der Waals surface area contributed by atoms with Crippen LogP contribution in [-0.2, 0) is 11.3 Å². The van der Waals surface area contributed by atoms with Gasteiger partial charge in [0.25, 0.3) is 0 Å². The van der Waals surface area contributed by atoms with Gasteiger partial charge < -0.3 is 10.2 Å². The van der Waals surface area contributed by atoms with Gasteiger partial charge in [-0.1, -0.05) is 0 Å². The molecule has 0 radical (unpaired) electrons. The first-order valence-corrected chi connectivity index (χ1v) is 6.96. The molecule has 7 heteroatoms. The summed E-state index contributed by atoms with van der Waals surface area (Å²) in [6, 6.07) is 7.29. The predicted octanol–water partition coefficient (Wildman–Crippen LogP) is 1.76. The zero-order chi connectivity index (χ0) is 15.9. The smallest absolute Gasteiger partial charge is 0.222 e. The molecule has 0 bridgehead atoms. The van der Waals surface area contributed by atoms with Gasteiger partial charge in [-0.05, 0) is 18.6 Å². The van der Waals surface area contributed by atoms with E-state index in [1.165, 1.54) is 0 Å². The minimum Gasteiger partial charge on any atom is -0.349 e. The highest BCUT2D eigenvalue weighted by molar-refractivity contribution is 5.75. The molecule has 0 atom stereocenters. The van der Waals surface area contributed by atoms with E-state index in [2.05, 4.69) is 21.5 Å². The van der Waals surface area contributed by atoms with Gasteiger partial charge in [-0.2, -0.15) is 10.4 Å². The van der Waals surface area contributed by atoms with Crippen LogP contribution < -0.4 is 5.32 Å². The molecule has 1 N–H and O–H groups in total. The van der Waals surface area contributed by atoms with E-state index in [0.29, 0.717) is 30.2 Å². The molecule has 0 saturated carbocycles. The lowest BCUT2D eigenvalue weighted by Gasteiger charge is -2.09. The minimum atomic E-state index is 0.109. The predicted molar refractivity (Wildman–Crippen MR) is 82.4 cm³/mol. The molecule has 0 aliphatic heterocycles. The fraction of sp³-hybridized carbons (Fsp3) is 0.333. The second-order valence-corrected chi connectivity index (χ2v) is 4.99.